The molecule has 0 aromatic heterocycles. The van der Waals surface area contributed by atoms with Gasteiger partial charge in [-0.25, -0.2) is 0 Å². The van der Waals surface area contributed by atoms with Crippen LogP contribution in [0.2, 0.25) is 0 Å². The maximum absolute atomic E-state index is 12.4. The maximum atomic E-state index is 12.4. The van der Waals surface area contributed by atoms with E-state index in [2.05, 4.69) is 19.2 Å². The Hall–Kier alpha value is -1.14. The van der Waals surface area contributed by atoms with Gasteiger partial charge in [0.15, 0.2) is 0 Å². The molecule has 0 spiro atoms. The third kappa shape index (κ3) is 42.3. The summed E-state index contributed by atoms with van der Waals surface area (Å²) in [7, 11) is 0. The summed E-state index contributed by atoms with van der Waals surface area (Å²) in [5.74, 6) is -0.0635. The lowest BCUT2D eigenvalue weighted by molar-refractivity contribution is -0.143. The number of amides is 1. The molecule has 0 saturated carbocycles. The number of aliphatic hydroxyl groups is 2. The van der Waals surface area contributed by atoms with Gasteiger partial charge < -0.3 is 20.3 Å². The maximum Gasteiger partial charge on any atom is 0.305 e. The van der Waals surface area contributed by atoms with E-state index in [0.29, 0.717) is 25.9 Å². The molecule has 55 heavy (non-hydrogen) atoms. The van der Waals surface area contributed by atoms with Crippen LogP contribution in [-0.4, -0.2) is 47.4 Å². The van der Waals surface area contributed by atoms with Gasteiger partial charge in [0.05, 0.1) is 25.4 Å². The minimum absolute atomic E-state index is 0.0100. The van der Waals surface area contributed by atoms with Crippen LogP contribution in [-0.2, 0) is 14.3 Å². The van der Waals surface area contributed by atoms with E-state index in [1.807, 2.05) is 0 Å². The van der Waals surface area contributed by atoms with Gasteiger partial charge in [-0.2, -0.15) is 0 Å². The molecule has 1 amide bonds. The van der Waals surface area contributed by atoms with E-state index in [4.69, 9.17) is 4.74 Å². The molecule has 0 aliphatic heterocycles. The molecule has 3 N–H and O–H groups in total. The molecule has 6 nitrogen and oxygen atoms in total. The van der Waals surface area contributed by atoms with E-state index in [9.17, 15) is 19.8 Å². The SMILES string of the molecule is CCCCCCCCCCCCCCCCCCC(=O)OCCCCCCCCCCCCCC(=O)NC(CO)C(O)CCCCCCCCCCCCC. The van der Waals surface area contributed by atoms with Crippen molar-refractivity contribution in [3.8, 4) is 0 Å². The van der Waals surface area contributed by atoms with Crippen LogP contribution in [0.1, 0.15) is 277 Å². The average molecular weight is 780 g/mol. The molecule has 328 valence electrons. The smallest absolute Gasteiger partial charge is 0.305 e. The van der Waals surface area contributed by atoms with Crippen LogP contribution >= 0.6 is 0 Å². The fourth-order valence-corrected chi connectivity index (χ4v) is 7.82. The Morgan fingerprint density at radius 1 is 0.436 bits per heavy atom. The lowest BCUT2D eigenvalue weighted by atomic mass is 10.0. The van der Waals surface area contributed by atoms with Gasteiger partial charge in [0.1, 0.15) is 0 Å². The second-order valence-corrected chi connectivity index (χ2v) is 17.2. The van der Waals surface area contributed by atoms with E-state index >= 15 is 0 Å². The monoisotopic (exact) mass is 780 g/mol. The minimum Gasteiger partial charge on any atom is -0.466 e. The Morgan fingerprint density at radius 2 is 0.745 bits per heavy atom. The van der Waals surface area contributed by atoms with Gasteiger partial charge >= 0.3 is 5.97 Å². The molecule has 2 atom stereocenters. The number of nitrogens with one attached hydrogen (secondary N) is 1. The summed E-state index contributed by atoms with van der Waals surface area (Å²) in [6, 6.07) is -0.552. The molecule has 0 aromatic rings. The summed E-state index contributed by atoms with van der Waals surface area (Å²) in [5, 5.41) is 23.1. The summed E-state index contributed by atoms with van der Waals surface area (Å²) < 4.78 is 5.46. The highest BCUT2D eigenvalue weighted by molar-refractivity contribution is 5.76. The molecule has 0 radical (unpaired) electrons. The molecule has 0 rings (SSSR count). The number of hydrogen-bond acceptors (Lipinski definition) is 5. The highest BCUT2D eigenvalue weighted by Crippen LogP contribution is 2.17. The Kier molecular flexibility index (Phi) is 44.6. The second-order valence-electron chi connectivity index (χ2n) is 17.2. The quantitative estimate of drug-likeness (QED) is 0.0422. The largest absolute Gasteiger partial charge is 0.466 e. The predicted octanol–water partition coefficient (Wildman–Crippen LogP) is 14.4. The molecular formula is C49H97NO5. The van der Waals surface area contributed by atoms with E-state index in [0.717, 1.165) is 57.8 Å². The molecule has 0 aliphatic rings. The number of esters is 1. The average Bonchev–Trinajstić information content (AvgIpc) is 3.18. The highest BCUT2D eigenvalue weighted by Gasteiger charge is 2.20. The van der Waals surface area contributed by atoms with Crippen molar-refractivity contribution in [2.75, 3.05) is 13.2 Å². The first kappa shape index (κ1) is 53.9. The van der Waals surface area contributed by atoms with Crippen molar-refractivity contribution in [1.29, 1.82) is 0 Å². The summed E-state index contributed by atoms with van der Waals surface area (Å²) in [5.41, 5.74) is 0. The van der Waals surface area contributed by atoms with Crippen LogP contribution in [0.25, 0.3) is 0 Å². The first-order chi connectivity index (χ1) is 27.0. The zero-order chi connectivity index (χ0) is 40.1. The van der Waals surface area contributed by atoms with Gasteiger partial charge in [-0.15, -0.1) is 0 Å². The Morgan fingerprint density at radius 3 is 1.11 bits per heavy atom. The van der Waals surface area contributed by atoms with Crippen molar-refractivity contribution in [2.45, 2.75) is 289 Å². The summed E-state index contributed by atoms with van der Waals surface area (Å²) in [4.78, 5) is 24.4. The lowest BCUT2D eigenvalue weighted by Gasteiger charge is -2.22. The molecule has 6 heteroatoms. The molecule has 2 unspecified atom stereocenters. The third-order valence-corrected chi connectivity index (χ3v) is 11.7. The molecule has 0 bridgehead atoms. The van der Waals surface area contributed by atoms with Crippen molar-refractivity contribution in [1.82, 2.24) is 5.32 Å². The number of rotatable bonds is 46. The Labute approximate surface area is 343 Å². The summed E-state index contributed by atoms with van der Waals surface area (Å²) in [6.07, 6.45) is 49.2. The Bertz CT molecular complexity index is 776. The van der Waals surface area contributed by atoms with Crippen molar-refractivity contribution in [2.24, 2.45) is 0 Å². The van der Waals surface area contributed by atoms with Crippen LogP contribution in [0.3, 0.4) is 0 Å². The number of ether oxygens (including phenoxy) is 1. The van der Waals surface area contributed by atoms with Crippen LogP contribution < -0.4 is 5.32 Å². The number of carbonyl (C=O) groups is 2. The number of unbranched alkanes of at least 4 members (excludes halogenated alkanes) is 35. The van der Waals surface area contributed by atoms with Gasteiger partial charge in [-0.05, 0) is 25.7 Å². The topological polar surface area (TPSA) is 95.9 Å². The van der Waals surface area contributed by atoms with Crippen LogP contribution in [0.5, 0.6) is 0 Å². The number of hydrogen-bond donors (Lipinski definition) is 3. The van der Waals surface area contributed by atoms with Crippen LogP contribution in [0.4, 0.5) is 0 Å². The van der Waals surface area contributed by atoms with Crippen molar-refractivity contribution < 1.29 is 24.5 Å². The fraction of sp³-hybridized carbons (Fsp3) is 0.959. The van der Waals surface area contributed by atoms with Crippen LogP contribution in [0.15, 0.2) is 0 Å². The van der Waals surface area contributed by atoms with Crippen molar-refractivity contribution in [3.63, 3.8) is 0 Å². The standard InChI is InChI=1S/C49H97NO5/c1-3-5-7-9-11-13-15-16-17-18-19-23-27-31-35-39-43-49(54)55-44-40-36-32-28-24-20-22-26-30-34-38-42-48(53)50-46(45-51)47(52)41-37-33-29-25-21-14-12-10-8-6-4-2/h46-47,51-52H,3-45H2,1-2H3,(H,50,53). The lowest BCUT2D eigenvalue weighted by Crippen LogP contribution is -2.45. The number of aliphatic hydroxyl groups excluding tert-OH is 2. The first-order valence-corrected chi connectivity index (χ1v) is 24.8. The van der Waals surface area contributed by atoms with Crippen LogP contribution in [0, 0.1) is 0 Å². The second kappa shape index (κ2) is 45.6. The molecule has 0 heterocycles. The van der Waals surface area contributed by atoms with Gasteiger partial charge in [0, 0.05) is 12.8 Å². The van der Waals surface area contributed by atoms with Gasteiger partial charge in [-0.1, -0.05) is 239 Å². The normalized spacial score (nSPS) is 12.6. The summed E-state index contributed by atoms with van der Waals surface area (Å²) in [6.45, 7) is 4.91. The van der Waals surface area contributed by atoms with Gasteiger partial charge in [0.2, 0.25) is 5.91 Å². The predicted molar refractivity (Wildman–Crippen MR) is 237 cm³/mol. The molecule has 0 aromatic carbocycles. The van der Waals surface area contributed by atoms with E-state index in [1.165, 1.54) is 186 Å². The Balaban J connectivity index is 3.43. The van der Waals surface area contributed by atoms with E-state index < -0.39 is 12.1 Å². The zero-order valence-electron chi connectivity index (χ0n) is 37.2. The molecule has 0 aliphatic carbocycles. The van der Waals surface area contributed by atoms with E-state index in [1.54, 1.807) is 0 Å². The third-order valence-electron chi connectivity index (χ3n) is 11.7. The zero-order valence-corrected chi connectivity index (χ0v) is 37.2. The minimum atomic E-state index is -0.673. The van der Waals surface area contributed by atoms with E-state index in [-0.39, 0.29) is 18.5 Å². The van der Waals surface area contributed by atoms with Gasteiger partial charge in [0.25, 0.3) is 0 Å². The number of carbonyl (C=O) groups excluding carboxylic acids is 2. The fourth-order valence-electron chi connectivity index (χ4n) is 7.82. The summed E-state index contributed by atoms with van der Waals surface area (Å²) >= 11 is 0. The van der Waals surface area contributed by atoms with Crippen molar-refractivity contribution in [3.05, 3.63) is 0 Å². The van der Waals surface area contributed by atoms with Gasteiger partial charge in [-0.3, -0.25) is 9.59 Å². The highest BCUT2D eigenvalue weighted by atomic mass is 16.5. The van der Waals surface area contributed by atoms with Crippen molar-refractivity contribution >= 4 is 11.9 Å². The molecule has 0 fully saturated rings. The molecular weight excluding hydrogens is 683 g/mol. The first-order valence-electron chi connectivity index (χ1n) is 24.8. The molecule has 0 saturated heterocycles.